The standard InChI is InChI=1S/C24H46N4O/c1-4-14-27-15-12-22(13-16-27)28-18-21(17-23(28)24(29)25-19(2)3)26-20-10-8-6-5-7-9-11-20/h19-23,26H,4-18H2,1-3H3,(H,25,29)/t21-,23-/m0/s1. The molecule has 0 aromatic heterocycles. The predicted molar refractivity (Wildman–Crippen MR) is 121 cm³/mol. The molecule has 2 N–H and O–H groups in total. The summed E-state index contributed by atoms with van der Waals surface area (Å²) in [6, 6.07) is 1.95. The number of likely N-dealkylation sites (tertiary alicyclic amines) is 2. The van der Waals surface area contributed by atoms with Gasteiger partial charge in [0.2, 0.25) is 5.91 Å². The smallest absolute Gasteiger partial charge is 0.237 e. The third-order valence-corrected chi connectivity index (χ3v) is 7.22. The largest absolute Gasteiger partial charge is 0.353 e. The topological polar surface area (TPSA) is 47.6 Å². The second-order valence-electron chi connectivity index (χ2n) is 10.1. The van der Waals surface area contributed by atoms with E-state index >= 15 is 0 Å². The molecule has 0 aromatic rings. The molecule has 29 heavy (non-hydrogen) atoms. The van der Waals surface area contributed by atoms with Crippen molar-refractivity contribution >= 4 is 5.91 Å². The first-order valence-corrected chi connectivity index (χ1v) is 12.6. The zero-order chi connectivity index (χ0) is 20.6. The van der Waals surface area contributed by atoms with Crippen LogP contribution in [0.1, 0.15) is 91.4 Å². The number of nitrogens with zero attached hydrogens (tertiary/aromatic N) is 2. The van der Waals surface area contributed by atoms with Gasteiger partial charge in [0.15, 0.2) is 0 Å². The summed E-state index contributed by atoms with van der Waals surface area (Å²) in [5, 5.41) is 7.20. The van der Waals surface area contributed by atoms with Gasteiger partial charge in [-0.1, -0.05) is 39.0 Å². The normalized spacial score (nSPS) is 29.1. The van der Waals surface area contributed by atoms with E-state index in [1.165, 1.54) is 83.8 Å². The van der Waals surface area contributed by atoms with Crippen LogP contribution in [-0.4, -0.2) is 72.1 Å². The van der Waals surface area contributed by atoms with E-state index in [4.69, 9.17) is 0 Å². The molecule has 5 heteroatoms. The van der Waals surface area contributed by atoms with Gasteiger partial charge in [0.1, 0.15) is 0 Å². The highest BCUT2D eigenvalue weighted by Gasteiger charge is 2.41. The van der Waals surface area contributed by atoms with Crippen LogP contribution in [0.15, 0.2) is 0 Å². The van der Waals surface area contributed by atoms with E-state index < -0.39 is 0 Å². The monoisotopic (exact) mass is 406 g/mol. The van der Waals surface area contributed by atoms with Crippen molar-refractivity contribution in [3.63, 3.8) is 0 Å². The van der Waals surface area contributed by atoms with Gasteiger partial charge < -0.3 is 15.5 Å². The molecule has 0 aromatic carbocycles. The van der Waals surface area contributed by atoms with Crippen molar-refractivity contribution in [3.8, 4) is 0 Å². The fourth-order valence-corrected chi connectivity index (χ4v) is 5.77. The van der Waals surface area contributed by atoms with Gasteiger partial charge in [0, 0.05) is 30.7 Å². The number of hydrogen-bond acceptors (Lipinski definition) is 4. The maximum Gasteiger partial charge on any atom is 0.237 e. The third kappa shape index (κ3) is 6.93. The minimum atomic E-state index is 0.0474. The zero-order valence-electron chi connectivity index (χ0n) is 19.3. The highest BCUT2D eigenvalue weighted by atomic mass is 16.2. The summed E-state index contributed by atoms with van der Waals surface area (Å²) >= 11 is 0. The Bertz CT molecular complexity index is 481. The summed E-state index contributed by atoms with van der Waals surface area (Å²) in [6.07, 6.45) is 14.2. The number of carbonyl (C=O) groups is 1. The molecule has 0 spiro atoms. The van der Waals surface area contributed by atoms with Crippen molar-refractivity contribution in [2.24, 2.45) is 0 Å². The molecule has 2 atom stereocenters. The predicted octanol–water partition coefficient (Wildman–Crippen LogP) is 3.53. The van der Waals surface area contributed by atoms with Crippen LogP contribution in [-0.2, 0) is 4.79 Å². The molecule has 0 radical (unpaired) electrons. The molecule has 3 fully saturated rings. The minimum absolute atomic E-state index is 0.0474. The quantitative estimate of drug-likeness (QED) is 0.679. The summed E-state index contributed by atoms with van der Waals surface area (Å²) in [5.41, 5.74) is 0. The molecule has 0 unspecified atom stereocenters. The molecule has 3 aliphatic rings. The fraction of sp³-hybridized carbons (Fsp3) is 0.958. The lowest BCUT2D eigenvalue weighted by Gasteiger charge is -2.39. The van der Waals surface area contributed by atoms with E-state index in [-0.39, 0.29) is 18.0 Å². The molecule has 2 saturated heterocycles. The molecular weight excluding hydrogens is 360 g/mol. The Morgan fingerprint density at radius 3 is 2.24 bits per heavy atom. The molecule has 2 aliphatic heterocycles. The zero-order valence-corrected chi connectivity index (χ0v) is 19.3. The first-order valence-electron chi connectivity index (χ1n) is 12.6. The fourth-order valence-electron chi connectivity index (χ4n) is 5.77. The third-order valence-electron chi connectivity index (χ3n) is 7.22. The van der Waals surface area contributed by atoms with E-state index in [1.54, 1.807) is 0 Å². The van der Waals surface area contributed by atoms with Crippen molar-refractivity contribution in [1.82, 2.24) is 20.4 Å². The Hall–Kier alpha value is -0.650. The van der Waals surface area contributed by atoms with Gasteiger partial charge in [-0.3, -0.25) is 9.69 Å². The minimum Gasteiger partial charge on any atom is -0.353 e. The van der Waals surface area contributed by atoms with Crippen LogP contribution in [0.25, 0.3) is 0 Å². The maximum absolute atomic E-state index is 13.0. The number of hydrogen-bond donors (Lipinski definition) is 2. The lowest BCUT2D eigenvalue weighted by atomic mass is 9.96. The number of piperidine rings is 1. The summed E-state index contributed by atoms with van der Waals surface area (Å²) in [6.45, 7) is 11.1. The van der Waals surface area contributed by atoms with Gasteiger partial charge in [0.05, 0.1) is 6.04 Å². The van der Waals surface area contributed by atoms with Crippen molar-refractivity contribution < 1.29 is 4.79 Å². The summed E-state index contributed by atoms with van der Waals surface area (Å²) in [5.74, 6) is 0.248. The van der Waals surface area contributed by atoms with Gasteiger partial charge in [-0.25, -0.2) is 0 Å². The van der Waals surface area contributed by atoms with Crippen LogP contribution in [0.2, 0.25) is 0 Å². The van der Waals surface area contributed by atoms with Gasteiger partial charge in [-0.15, -0.1) is 0 Å². The van der Waals surface area contributed by atoms with E-state index in [2.05, 4.69) is 41.2 Å². The molecule has 3 rings (SSSR count). The molecule has 1 saturated carbocycles. The average Bonchev–Trinajstić information content (AvgIpc) is 3.08. The highest BCUT2D eigenvalue weighted by molar-refractivity contribution is 5.82. The van der Waals surface area contributed by atoms with Crippen LogP contribution in [0, 0.1) is 0 Å². The van der Waals surface area contributed by atoms with Crippen molar-refractivity contribution in [2.75, 3.05) is 26.2 Å². The van der Waals surface area contributed by atoms with Crippen LogP contribution < -0.4 is 10.6 Å². The van der Waals surface area contributed by atoms with Crippen LogP contribution in [0.4, 0.5) is 0 Å². The van der Waals surface area contributed by atoms with E-state index in [0.717, 1.165) is 13.0 Å². The number of carbonyl (C=O) groups excluding carboxylic acids is 1. The van der Waals surface area contributed by atoms with E-state index in [0.29, 0.717) is 18.1 Å². The van der Waals surface area contributed by atoms with Crippen LogP contribution >= 0.6 is 0 Å². The molecule has 168 valence electrons. The lowest BCUT2D eigenvalue weighted by molar-refractivity contribution is -0.127. The Balaban J connectivity index is 1.60. The Labute approximate surface area is 179 Å². The second-order valence-corrected chi connectivity index (χ2v) is 10.1. The van der Waals surface area contributed by atoms with E-state index in [9.17, 15) is 4.79 Å². The number of nitrogens with one attached hydrogen (secondary N) is 2. The molecular formula is C24H46N4O. The first-order chi connectivity index (χ1) is 14.1. The molecule has 2 heterocycles. The summed E-state index contributed by atoms with van der Waals surface area (Å²) < 4.78 is 0. The number of amides is 1. The first kappa shape index (κ1) is 23.0. The number of rotatable bonds is 7. The van der Waals surface area contributed by atoms with Gasteiger partial charge in [-0.2, -0.15) is 0 Å². The van der Waals surface area contributed by atoms with Crippen molar-refractivity contribution in [2.45, 2.75) is 122 Å². The second kappa shape index (κ2) is 11.7. The SMILES string of the molecule is CCCN1CCC(N2C[C@@H](NC3CCCCCCC3)C[C@H]2C(=O)NC(C)C)CC1. The van der Waals surface area contributed by atoms with Crippen molar-refractivity contribution in [1.29, 1.82) is 0 Å². The van der Waals surface area contributed by atoms with Crippen molar-refractivity contribution in [3.05, 3.63) is 0 Å². The highest BCUT2D eigenvalue weighted by Crippen LogP contribution is 2.28. The molecule has 1 aliphatic carbocycles. The van der Waals surface area contributed by atoms with Gasteiger partial charge >= 0.3 is 0 Å². The molecule has 5 nitrogen and oxygen atoms in total. The molecule has 1 amide bonds. The maximum atomic E-state index is 13.0. The average molecular weight is 407 g/mol. The Kier molecular flexibility index (Phi) is 9.26. The summed E-state index contributed by atoms with van der Waals surface area (Å²) in [7, 11) is 0. The summed E-state index contributed by atoms with van der Waals surface area (Å²) in [4.78, 5) is 18.2. The van der Waals surface area contributed by atoms with Crippen LogP contribution in [0.3, 0.4) is 0 Å². The van der Waals surface area contributed by atoms with Gasteiger partial charge in [0.25, 0.3) is 0 Å². The van der Waals surface area contributed by atoms with E-state index in [1.807, 2.05) is 0 Å². The van der Waals surface area contributed by atoms with Crippen LogP contribution in [0.5, 0.6) is 0 Å². The Morgan fingerprint density at radius 2 is 1.62 bits per heavy atom. The Morgan fingerprint density at radius 1 is 0.966 bits per heavy atom. The molecule has 0 bridgehead atoms. The lowest BCUT2D eigenvalue weighted by Crippen LogP contribution is -2.52. The van der Waals surface area contributed by atoms with Gasteiger partial charge in [-0.05, 0) is 72.0 Å².